The van der Waals surface area contributed by atoms with Crippen molar-refractivity contribution in [1.82, 2.24) is 0 Å². The van der Waals surface area contributed by atoms with Crippen molar-refractivity contribution in [3.05, 3.63) is 58.1 Å². The van der Waals surface area contributed by atoms with Gasteiger partial charge in [-0.3, -0.25) is 5.41 Å². The maximum absolute atomic E-state index is 7.57. The van der Waals surface area contributed by atoms with Gasteiger partial charge >= 0.3 is 0 Å². The summed E-state index contributed by atoms with van der Waals surface area (Å²) in [5, 5.41) is 7.57. The van der Waals surface area contributed by atoms with Gasteiger partial charge in [-0.2, -0.15) is 0 Å². The van der Waals surface area contributed by atoms with Gasteiger partial charge in [0, 0.05) is 4.47 Å². The summed E-state index contributed by atoms with van der Waals surface area (Å²) in [7, 11) is 0. The number of nitrogens with one attached hydrogen (secondary N) is 1. The number of nitrogens with two attached hydrogens (primary N) is 1. The molecule has 0 unspecified atom stereocenters. The molecule has 98 valence electrons. The van der Waals surface area contributed by atoms with Gasteiger partial charge in [0.2, 0.25) is 0 Å². The van der Waals surface area contributed by atoms with Crippen LogP contribution in [0.5, 0.6) is 11.5 Å². The highest BCUT2D eigenvalue weighted by molar-refractivity contribution is 9.10. The van der Waals surface area contributed by atoms with Crippen LogP contribution in [0.3, 0.4) is 0 Å². The first-order valence-corrected chi connectivity index (χ1v) is 6.80. The maximum Gasteiger partial charge on any atom is 0.139 e. The highest BCUT2D eigenvalue weighted by Crippen LogP contribution is 2.29. The van der Waals surface area contributed by atoms with E-state index in [1.807, 2.05) is 30.3 Å². The molecule has 0 aliphatic rings. The zero-order chi connectivity index (χ0) is 13.8. The minimum atomic E-state index is -0.00542. The number of hydrogen-bond donors (Lipinski definition) is 2. The topological polar surface area (TPSA) is 59.1 Å². The van der Waals surface area contributed by atoms with Gasteiger partial charge in [-0.15, -0.1) is 0 Å². The molecule has 0 fully saturated rings. The summed E-state index contributed by atoms with van der Waals surface area (Å²) in [5.74, 6) is 1.32. The van der Waals surface area contributed by atoms with Gasteiger partial charge < -0.3 is 10.5 Å². The quantitative estimate of drug-likeness (QED) is 0.659. The molecule has 0 aliphatic heterocycles. The van der Waals surface area contributed by atoms with E-state index in [-0.39, 0.29) is 5.84 Å². The molecule has 0 aromatic heterocycles. The van der Waals surface area contributed by atoms with Gasteiger partial charge in [0.25, 0.3) is 0 Å². The minimum absolute atomic E-state index is 0.00542. The van der Waals surface area contributed by atoms with Crippen LogP contribution >= 0.6 is 15.9 Å². The minimum Gasteiger partial charge on any atom is -0.457 e. The van der Waals surface area contributed by atoms with E-state index in [1.54, 1.807) is 6.07 Å². The molecule has 0 radical (unpaired) electrons. The SMILES string of the molecule is CCc1cccc(Oc2cc(Br)ccc2C(=N)N)c1. The summed E-state index contributed by atoms with van der Waals surface area (Å²) in [6.07, 6.45) is 0.954. The monoisotopic (exact) mass is 318 g/mol. The van der Waals surface area contributed by atoms with Crippen LogP contribution in [-0.2, 0) is 6.42 Å². The van der Waals surface area contributed by atoms with Crippen LogP contribution in [-0.4, -0.2) is 5.84 Å². The van der Waals surface area contributed by atoms with Gasteiger partial charge in [-0.25, -0.2) is 0 Å². The highest BCUT2D eigenvalue weighted by atomic mass is 79.9. The number of amidine groups is 1. The van der Waals surface area contributed by atoms with Crippen LogP contribution in [0.1, 0.15) is 18.1 Å². The van der Waals surface area contributed by atoms with Crippen LogP contribution < -0.4 is 10.5 Å². The number of nitrogen functional groups attached to an aromatic ring is 1. The molecular formula is C15H15BrN2O. The third-order valence-electron chi connectivity index (χ3n) is 2.77. The number of aryl methyl sites for hydroxylation is 1. The van der Waals surface area contributed by atoms with Gasteiger partial charge in [0.05, 0.1) is 5.56 Å². The summed E-state index contributed by atoms with van der Waals surface area (Å²) in [5.41, 5.74) is 7.36. The fraction of sp³-hybridized carbons (Fsp3) is 0.133. The van der Waals surface area contributed by atoms with Crippen molar-refractivity contribution in [1.29, 1.82) is 5.41 Å². The molecule has 0 saturated carbocycles. The summed E-state index contributed by atoms with van der Waals surface area (Å²) in [6, 6.07) is 13.3. The highest BCUT2D eigenvalue weighted by Gasteiger charge is 2.08. The predicted octanol–water partition coefficient (Wildman–Crippen LogP) is 4.09. The van der Waals surface area contributed by atoms with E-state index in [9.17, 15) is 0 Å². The molecule has 19 heavy (non-hydrogen) atoms. The first-order valence-electron chi connectivity index (χ1n) is 6.01. The number of halogens is 1. The van der Waals surface area contributed by atoms with Crippen LogP contribution in [0.4, 0.5) is 0 Å². The molecule has 0 aliphatic carbocycles. The molecule has 4 heteroatoms. The lowest BCUT2D eigenvalue weighted by Gasteiger charge is -2.11. The molecule has 2 aromatic rings. The largest absolute Gasteiger partial charge is 0.457 e. The van der Waals surface area contributed by atoms with Crippen molar-refractivity contribution in [2.45, 2.75) is 13.3 Å². The molecule has 0 heterocycles. The number of hydrogen-bond acceptors (Lipinski definition) is 2. The van der Waals surface area contributed by atoms with Crippen LogP contribution in [0.25, 0.3) is 0 Å². The molecule has 2 rings (SSSR count). The maximum atomic E-state index is 7.57. The van der Waals surface area contributed by atoms with Crippen molar-refractivity contribution in [2.24, 2.45) is 5.73 Å². The van der Waals surface area contributed by atoms with E-state index in [4.69, 9.17) is 15.9 Å². The Hall–Kier alpha value is -1.81. The smallest absolute Gasteiger partial charge is 0.139 e. The average Bonchev–Trinajstić information content (AvgIpc) is 2.38. The van der Waals surface area contributed by atoms with Crippen molar-refractivity contribution in [2.75, 3.05) is 0 Å². The van der Waals surface area contributed by atoms with Crippen molar-refractivity contribution in [3.63, 3.8) is 0 Å². The van der Waals surface area contributed by atoms with Gasteiger partial charge in [0.1, 0.15) is 17.3 Å². The third-order valence-corrected chi connectivity index (χ3v) is 3.26. The lowest BCUT2D eigenvalue weighted by atomic mass is 10.1. The fourth-order valence-corrected chi connectivity index (χ4v) is 2.10. The lowest BCUT2D eigenvalue weighted by molar-refractivity contribution is 0.480. The van der Waals surface area contributed by atoms with E-state index in [2.05, 4.69) is 28.9 Å². The molecule has 0 atom stereocenters. The second kappa shape index (κ2) is 5.89. The number of rotatable bonds is 4. The van der Waals surface area contributed by atoms with E-state index in [0.29, 0.717) is 11.3 Å². The predicted molar refractivity (Wildman–Crippen MR) is 81.1 cm³/mol. The normalized spacial score (nSPS) is 10.2. The van der Waals surface area contributed by atoms with Crippen molar-refractivity contribution < 1.29 is 4.74 Å². The van der Waals surface area contributed by atoms with E-state index < -0.39 is 0 Å². The van der Waals surface area contributed by atoms with Crippen LogP contribution in [0.15, 0.2) is 46.9 Å². The van der Waals surface area contributed by atoms with E-state index >= 15 is 0 Å². The second-order valence-electron chi connectivity index (χ2n) is 4.16. The van der Waals surface area contributed by atoms with Crippen LogP contribution in [0.2, 0.25) is 0 Å². The van der Waals surface area contributed by atoms with Crippen molar-refractivity contribution >= 4 is 21.8 Å². The standard InChI is InChI=1S/C15H15BrN2O/c1-2-10-4-3-5-12(8-10)19-14-9-11(16)6-7-13(14)15(17)18/h3-9H,2H2,1H3,(H3,17,18). The molecule has 2 aromatic carbocycles. The number of benzene rings is 2. The summed E-state index contributed by atoms with van der Waals surface area (Å²) < 4.78 is 6.73. The molecule has 3 N–H and O–H groups in total. The Labute approximate surface area is 121 Å². The Morgan fingerprint density at radius 2 is 2.05 bits per heavy atom. The molecule has 3 nitrogen and oxygen atoms in total. The van der Waals surface area contributed by atoms with Crippen LogP contribution in [0, 0.1) is 5.41 Å². The Bertz CT molecular complexity index is 611. The summed E-state index contributed by atoms with van der Waals surface area (Å²) in [6.45, 7) is 2.10. The molecule has 0 amide bonds. The molecule has 0 spiro atoms. The first kappa shape index (κ1) is 13.6. The Morgan fingerprint density at radius 3 is 2.74 bits per heavy atom. The summed E-state index contributed by atoms with van der Waals surface area (Å²) >= 11 is 3.40. The summed E-state index contributed by atoms with van der Waals surface area (Å²) in [4.78, 5) is 0. The fourth-order valence-electron chi connectivity index (χ4n) is 1.76. The van der Waals surface area contributed by atoms with Gasteiger partial charge in [-0.1, -0.05) is 35.0 Å². The Kier molecular flexibility index (Phi) is 4.22. The van der Waals surface area contributed by atoms with Crippen molar-refractivity contribution in [3.8, 4) is 11.5 Å². The molecule has 0 saturated heterocycles. The third kappa shape index (κ3) is 3.35. The lowest BCUT2D eigenvalue weighted by Crippen LogP contribution is -2.12. The Balaban J connectivity index is 2.36. The zero-order valence-electron chi connectivity index (χ0n) is 10.6. The zero-order valence-corrected chi connectivity index (χ0v) is 12.2. The first-order chi connectivity index (χ1) is 9.10. The van der Waals surface area contributed by atoms with Gasteiger partial charge in [0.15, 0.2) is 0 Å². The van der Waals surface area contributed by atoms with E-state index in [0.717, 1.165) is 16.6 Å². The average molecular weight is 319 g/mol. The molecular weight excluding hydrogens is 304 g/mol. The number of ether oxygens (including phenoxy) is 1. The van der Waals surface area contributed by atoms with Gasteiger partial charge in [-0.05, 0) is 42.3 Å². The second-order valence-corrected chi connectivity index (χ2v) is 5.07. The molecule has 0 bridgehead atoms. The van der Waals surface area contributed by atoms with E-state index in [1.165, 1.54) is 5.56 Å². The Morgan fingerprint density at radius 1 is 1.26 bits per heavy atom.